The van der Waals surface area contributed by atoms with E-state index in [0.29, 0.717) is 24.5 Å². The van der Waals surface area contributed by atoms with E-state index in [1.807, 2.05) is 13.0 Å². The second-order valence-electron chi connectivity index (χ2n) is 5.53. The zero-order valence-electron chi connectivity index (χ0n) is 12.6. The molecule has 0 aliphatic carbocycles. The molecule has 0 aromatic heterocycles. The summed E-state index contributed by atoms with van der Waals surface area (Å²) in [6.07, 6.45) is 0. The van der Waals surface area contributed by atoms with Gasteiger partial charge >= 0.3 is 0 Å². The van der Waals surface area contributed by atoms with Gasteiger partial charge in [-0.15, -0.1) is 0 Å². The van der Waals surface area contributed by atoms with Crippen molar-refractivity contribution in [1.29, 1.82) is 0 Å². The maximum Gasteiger partial charge on any atom is 0.253 e. The molecule has 2 rings (SSSR count). The van der Waals surface area contributed by atoms with Gasteiger partial charge in [0.25, 0.3) is 5.91 Å². The van der Waals surface area contributed by atoms with Crippen LogP contribution in [-0.2, 0) is 9.53 Å². The highest BCUT2D eigenvalue weighted by Crippen LogP contribution is 2.20. The topological polar surface area (TPSA) is 84.7 Å². The number of hydrogen-bond acceptors (Lipinski definition) is 4. The molecule has 114 valence electrons. The molecule has 0 bridgehead atoms. The normalized spacial score (nSPS) is 21.1. The lowest BCUT2D eigenvalue weighted by molar-refractivity contribution is -0.120. The summed E-state index contributed by atoms with van der Waals surface area (Å²) < 4.78 is 5.21. The van der Waals surface area contributed by atoms with E-state index in [0.717, 1.165) is 5.56 Å². The van der Waals surface area contributed by atoms with E-state index in [1.54, 1.807) is 26.2 Å². The largest absolute Gasteiger partial charge is 0.379 e. The zero-order valence-corrected chi connectivity index (χ0v) is 12.6. The van der Waals surface area contributed by atoms with E-state index < -0.39 is 0 Å². The zero-order chi connectivity index (χ0) is 15.6. The van der Waals surface area contributed by atoms with Gasteiger partial charge < -0.3 is 20.7 Å². The lowest BCUT2D eigenvalue weighted by atomic mass is 10.0. The van der Waals surface area contributed by atoms with E-state index in [-0.39, 0.29) is 23.8 Å². The summed E-state index contributed by atoms with van der Waals surface area (Å²) in [5.74, 6) is -0.624. The molecule has 6 nitrogen and oxygen atoms in total. The van der Waals surface area contributed by atoms with Crippen molar-refractivity contribution < 1.29 is 14.3 Å². The van der Waals surface area contributed by atoms with Crippen molar-refractivity contribution in [3.8, 4) is 0 Å². The minimum atomic E-state index is -0.349. The number of rotatable bonds is 3. The molecule has 2 atom stereocenters. The molecule has 2 unspecified atom stereocenters. The van der Waals surface area contributed by atoms with Crippen LogP contribution in [0.1, 0.15) is 15.9 Å². The van der Waals surface area contributed by atoms with Gasteiger partial charge in [0.1, 0.15) is 0 Å². The summed E-state index contributed by atoms with van der Waals surface area (Å²) in [5.41, 5.74) is 7.90. The third kappa shape index (κ3) is 3.40. The van der Waals surface area contributed by atoms with Crippen LogP contribution >= 0.6 is 0 Å². The first-order valence-corrected chi connectivity index (χ1v) is 6.86. The fraction of sp³-hybridized carbons (Fsp3) is 0.467. The van der Waals surface area contributed by atoms with E-state index in [1.165, 1.54) is 4.90 Å². The van der Waals surface area contributed by atoms with Crippen molar-refractivity contribution in [2.75, 3.05) is 32.6 Å². The predicted molar refractivity (Wildman–Crippen MR) is 80.1 cm³/mol. The van der Waals surface area contributed by atoms with Crippen LogP contribution in [0.4, 0.5) is 5.69 Å². The summed E-state index contributed by atoms with van der Waals surface area (Å²) in [6.45, 7) is 2.61. The third-order valence-electron chi connectivity index (χ3n) is 3.61. The van der Waals surface area contributed by atoms with Crippen LogP contribution in [0, 0.1) is 12.8 Å². The van der Waals surface area contributed by atoms with Gasteiger partial charge in [-0.3, -0.25) is 9.59 Å². The van der Waals surface area contributed by atoms with Crippen molar-refractivity contribution >= 4 is 17.5 Å². The first kappa shape index (κ1) is 15.5. The smallest absolute Gasteiger partial charge is 0.253 e. The second kappa shape index (κ2) is 6.24. The van der Waals surface area contributed by atoms with Gasteiger partial charge in [0.2, 0.25) is 5.91 Å². The van der Waals surface area contributed by atoms with E-state index >= 15 is 0 Å². The number of nitrogens with two attached hydrogens (primary N) is 1. The molecule has 3 N–H and O–H groups in total. The fourth-order valence-electron chi connectivity index (χ4n) is 2.21. The molecule has 2 amide bonds. The van der Waals surface area contributed by atoms with Gasteiger partial charge in [0.05, 0.1) is 19.1 Å². The molecular weight excluding hydrogens is 270 g/mol. The van der Waals surface area contributed by atoms with Crippen molar-refractivity contribution in [3.05, 3.63) is 29.3 Å². The van der Waals surface area contributed by atoms with Crippen LogP contribution in [0.5, 0.6) is 0 Å². The first-order chi connectivity index (χ1) is 9.90. The minimum absolute atomic E-state index is 0.105. The monoisotopic (exact) mass is 291 g/mol. The predicted octanol–water partition coefficient (Wildman–Crippen LogP) is 0.609. The average molecular weight is 291 g/mol. The van der Waals surface area contributed by atoms with Crippen LogP contribution in [0.2, 0.25) is 0 Å². The number of amides is 2. The minimum Gasteiger partial charge on any atom is -0.379 e. The Bertz CT molecular complexity index is 557. The average Bonchev–Trinajstić information content (AvgIpc) is 2.86. The highest BCUT2D eigenvalue weighted by atomic mass is 16.5. The van der Waals surface area contributed by atoms with E-state index in [9.17, 15) is 9.59 Å². The molecule has 1 heterocycles. The molecule has 0 radical (unpaired) electrons. The van der Waals surface area contributed by atoms with Crippen LogP contribution in [-0.4, -0.2) is 50.1 Å². The molecule has 1 saturated heterocycles. The molecule has 1 aromatic carbocycles. The summed E-state index contributed by atoms with van der Waals surface area (Å²) in [7, 11) is 3.38. The van der Waals surface area contributed by atoms with Gasteiger partial charge in [-0.25, -0.2) is 0 Å². The summed E-state index contributed by atoms with van der Waals surface area (Å²) in [6, 6.07) is 4.98. The van der Waals surface area contributed by atoms with Gasteiger partial charge in [0, 0.05) is 31.4 Å². The molecule has 6 heteroatoms. The Morgan fingerprint density at radius 1 is 1.33 bits per heavy atom. The number of nitrogens with zero attached hydrogens (tertiary/aromatic N) is 1. The van der Waals surface area contributed by atoms with E-state index in [2.05, 4.69) is 5.32 Å². The van der Waals surface area contributed by atoms with Gasteiger partial charge in [-0.2, -0.15) is 0 Å². The molecular formula is C15H21N3O3. The fourth-order valence-corrected chi connectivity index (χ4v) is 2.21. The molecule has 1 aliphatic rings. The standard InChI is InChI=1S/C15H21N3O3/c1-9-4-5-10(15(20)18(2)3)6-13(9)17-14(19)11-7-21-8-12(11)16/h4-6,11-12H,7-8,16H2,1-3H3,(H,17,19). The van der Waals surface area contributed by atoms with Crippen molar-refractivity contribution in [2.24, 2.45) is 11.7 Å². The molecule has 0 spiro atoms. The highest BCUT2D eigenvalue weighted by Gasteiger charge is 2.31. The number of ether oxygens (including phenoxy) is 1. The number of nitrogens with one attached hydrogen (secondary N) is 1. The highest BCUT2D eigenvalue weighted by molar-refractivity contribution is 5.98. The molecule has 21 heavy (non-hydrogen) atoms. The maximum absolute atomic E-state index is 12.2. The summed E-state index contributed by atoms with van der Waals surface area (Å²) >= 11 is 0. The number of anilines is 1. The number of benzene rings is 1. The first-order valence-electron chi connectivity index (χ1n) is 6.86. The Labute approximate surface area is 124 Å². The Morgan fingerprint density at radius 2 is 2.05 bits per heavy atom. The Hall–Kier alpha value is -1.92. The lowest BCUT2D eigenvalue weighted by Crippen LogP contribution is -2.37. The number of aryl methyl sites for hydroxylation is 1. The third-order valence-corrected chi connectivity index (χ3v) is 3.61. The van der Waals surface area contributed by atoms with E-state index in [4.69, 9.17) is 10.5 Å². The molecule has 1 aliphatic heterocycles. The molecule has 1 fully saturated rings. The molecule has 1 aromatic rings. The van der Waals surface area contributed by atoms with Crippen molar-refractivity contribution in [3.63, 3.8) is 0 Å². The van der Waals surface area contributed by atoms with Crippen LogP contribution in [0.25, 0.3) is 0 Å². The Morgan fingerprint density at radius 3 is 2.62 bits per heavy atom. The van der Waals surface area contributed by atoms with Crippen LogP contribution in [0.3, 0.4) is 0 Å². The maximum atomic E-state index is 12.2. The second-order valence-corrected chi connectivity index (χ2v) is 5.53. The Balaban J connectivity index is 2.17. The number of carbonyl (C=O) groups is 2. The van der Waals surface area contributed by atoms with Crippen LogP contribution in [0.15, 0.2) is 18.2 Å². The SMILES string of the molecule is Cc1ccc(C(=O)N(C)C)cc1NC(=O)C1COCC1N. The molecule has 0 saturated carbocycles. The van der Waals surface area contributed by atoms with Gasteiger partial charge in [0.15, 0.2) is 0 Å². The lowest BCUT2D eigenvalue weighted by Gasteiger charge is -2.16. The van der Waals surface area contributed by atoms with Gasteiger partial charge in [-0.05, 0) is 24.6 Å². The van der Waals surface area contributed by atoms with Crippen molar-refractivity contribution in [2.45, 2.75) is 13.0 Å². The summed E-state index contributed by atoms with van der Waals surface area (Å²) in [4.78, 5) is 25.7. The quantitative estimate of drug-likeness (QED) is 0.854. The van der Waals surface area contributed by atoms with Crippen molar-refractivity contribution in [1.82, 2.24) is 4.90 Å². The number of carbonyl (C=O) groups excluding carboxylic acids is 2. The summed E-state index contributed by atoms with van der Waals surface area (Å²) in [5, 5.41) is 2.85. The van der Waals surface area contributed by atoms with Crippen LogP contribution < -0.4 is 11.1 Å². The number of hydrogen-bond donors (Lipinski definition) is 2. The Kier molecular flexibility index (Phi) is 4.59. The van der Waals surface area contributed by atoms with Gasteiger partial charge in [-0.1, -0.05) is 6.07 Å².